The first-order valence-electron chi connectivity index (χ1n) is 10.5. The van der Waals surface area contributed by atoms with E-state index >= 15 is 0 Å². The molecule has 0 spiro atoms. The highest BCUT2D eigenvalue weighted by atomic mass is 32.1. The fourth-order valence-corrected chi connectivity index (χ4v) is 4.24. The second-order valence-corrected chi connectivity index (χ2v) is 8.20. The number of nitrogens with one attached hydrogen (secondary N) is 1. The third-order valence-corrected chi connectivity index (χ3v) is 5.94. The van der Waals surface area contributed by atoms with Crippen LogP contribution in [-0.2, 0) is 13.2 Å². The molecule has 2 heterocycles. The Morgan fingerprint density at radius 3 is 2.47 bits per heavy atom. The number of nitrogens with zero attached hydrogens (tertiary/aromatic N) is 5. The van der Waals surface area contributed by atoms with Gasteiger partial charge in [-0.1, -0.05) is 18.2 Å². The van der Waals surface area contributed by atoms with Crippen molar-refractivity contribution in [3.05, 3.63) is 58.9 Å². The summed E-state index contributed by atoms with van der Waals surface area (Å²) in [7, 11) is 3.82. The van der Waals surface area contributed by atoms with Gasteiger partial charge in [0.15, 0.2) is 6.67 Å². The lowest BCUT2D eigenvalue weighted by molar-refractivity contribution is -0.917. The van der Waals surface area contributed by atoms with Gasteiger partial charge in [-0.15, -0.1) is 0 Å². The maximum Gasteiger partial charge on any atom is 0.225 e. The summed E-state index contributed by atoms with van der Waals surface area (Å²) in [4.78, 5) is 3.83. The number of piperidine rings is 1. The molecule has 1 saturated heterocycles. The first-order valence-corrected chi connectivity index (χ1v) is 10.9. The van der Waals surface area contributed by atoms with E-state index in [9.17, 15) is 0 Å². The van der Waals surface area contributed by atoms with Gasteiger partial charge in [-0.25, -0.2) is 0 Å². The van der Waals surface area contributed by atoms with Crippen molar-refractivity contribution in [1.29, 1.82) is 0 Å². The number of methoxy groups -OCH3 is 1. The zero-order valence-corrected chi connectivity index (χ0v) is 18.4. The van der Waals surface area contributed by atoms with Crippen LogP contribution in [0, 0.1) is 4.77 Å². The summed E-state index contributed by atoms with van der Waals surface area (Å²) < 4.78 is 9.28. The number of rotatable bonds is 7. The molecule has 0 saturated carbocycles. The van der Waals surface area contributed by atoms with Crippen LogP contribution in [0.2, 0.25) is 0 Å². The van der Waals surface area contributed by atoms with Crippen LogP contribution >= 0.6 is 12.2 Å². The normalized spacial score (nSPS) is 15.2. The van der Waals surface area contributed by atoms with Crippen molar-refractivity contribution < 1.29 is 9.64 Å². The summed E-state index contributed by atoms with van der Waals surface area (Å²) in [6, 6.07) is 16.4. The van der Waals surface area contributed by atoms with Gasteiger partial charge in [0, 0.05) is 24.3 Å². The lowest BCUT2D eigenvalue weighted by Crippen LogP contribution is -3.07. The van der Waals surface area contributed by atoms with Crippen molar-refractivity contribution in [3.8, 4) is 11.4 Å². The van der Waals surface area contributed by atoms with E-state index in [2.05, 4.69) is 46.6 Å². The summed E-state index contributed by atoms with van der Waals surface area (Å²) in [5, 5.41) is 8.55. The molecule has 30 heavy (non-hydrogen) atoms. The minimum Gasteiger partial charge on any atom is -0.497 e. The fourth-order valence-electron chi connectivity index (χ4n) is 4.00. The fraction of sp³-hybridized carbons (Fsp3) is 0.409. The van der Waals surface area contributed by atoms with Crippen LogP contribution < -0.4 is 14.5 Å². The van der Waals surface area contributed by atoms with Gasteiger partial charge >= 0.3 is 0 Å². The van der Waals surface area contributed by atoms with Crippen molar-refractivity contribution in [3.63, 3.8) is 0 Å². The average molecular weight is 426 g/mol. The van der Waals surface area contributed by atoms with E-state index in [4.69, 9.17) is 17.0 Å². The molecule has 7 nitrogen and oxygen atoms in total. The number of anilines is 1. The van der Waals surface area contributed by atoms with E-state index in [-0.39, 0.29) is 0 Å². The smallest absolute Gasteiger partial charge is 0.225 e. The number of ether oxygens (including phenoxy) is 1. The first-order chi connectivity index (χ1) is 14.7. The molecule has 158 valence electrons. The third kappa shape index (κ3) is 4.55. The van der Waals surface area contributed by atoms with Crippen LogP contribution in [0.15, 0.2) is 48.5 Å². The largest absolute Gasteiger partial charge is 0.497 e. The number of benzene rings is 2. The van der Waals surface area contributed by atoms with Crippen LogP contribution in [0.25, 0.3) is 5.69 Å². The molecule has 1 N–H and O–H groups in total. The van der Waals surface area contributed by atoms with Gasteiger partial charge in [-0.2, -0.15) is 9.36 Å². The second kappa shape index (κ2) is 9.40. The summed E-state index contributed by atoms with van der Waals surface area (Å²) >= 11 is 5.63. The zero-order valence-electron chi connectivity index (χ0n) is 17.6. The topological polar surface area (TPSA) is 52.5 Å². The Labute approximate surface area is 182 Å². The standard InChI is InChI=1S/C22H28N6OS/c1-25(16-18-8-4-5-9-21(18)26-14-6-3-7-15-26)17-27-22(30)28(24-23-27)19-10-12-20(29-2)13-11-19/h4-5,8-13H,3,6-7,14-17H2,1-2H3/p+1. The van der Waals surface area contributed by atoms with E-state index in [0.29, 0.717) is 11.4 Å². The number of quaternary nitrogens is 1. The van der Waals surface area contributed by atoms with Gasteiger partial charge in [0.25, 0.3) is 0 Å². The summed E-state index contributed by atoms with van der Waals surface area (Å²) in [6.07, 6.45) is 3.90. The maximum absolute atomic E-state index is 5.63. The Bertz CT molecular complexity index is 1020. The number of aromatic nitrogens is 4. The average Bonchev–Trinajstić information content (AvgIpc) is 3.14. The van der Waals surface area contributed by atoms with Gasteiger partial charge in [0.05, 0.1) is 19.8 Å². The van der Waals surface area contributed by atoms with Gasteiger partial charge in [0.1, 0.15) is 12.3 Å². The van der Waals surface area contributed by atoms with Crippen molar-refractivity contribution in [2.75, 3.05) is 32.1 Å². The van der Waals surface area contributed by atoms with Crippen LogP contribution in [0.5, 0.6) is 5.75 Å². The lowest BCUT2D eigenvalue weighted by Gasteiger charge is -2.30. The molecule has 3 aromatic rings. The summed E-state index contributed by atoms with van der Waals surface area (Å²) in [5.41, 5.74) is 3.60. The van der Waals surface area contributed by atoms with Gasteiger partial charge in [0.2, 0.25) is 4.77 Å². The quantitative estimate of drug-likeness (QED) is 0.590. The highest BCUT2D eigenvalue weighted by Crippen LogP contribution is 2.23. The number of tetrazole rings is 1. The molecule has 1 aliphatic rings. The summed E-state index contributed by atoms with van der Waals surface area (Å²) in [6.45, 7) is 3.86. The molecule has 0 radical (unpaired) electrons. The van der Waals surface area contributed by atoms with Gasteiger partial charge in [-0.3, -0.25) is 0 Å². The zero-order chi connectivity index (χ0) is 20.9. The number of hydrogen-bond donors (Lipinski definition) is 1. The molecule has 2 aromatic carbocycles. The highest BCUT2D eigenvalue weighted by Gasteiger charge is 2.17. The van der Waals surface area contributed by atoms with Gasteiger partial charge < -0.3 is 14.5 Å². The van der Waals surface area contributed by atoms with Crippen molar-refractivity contribution in [2.45, 2.75) is 32.5 Å². The van der Waals surface area contributed by atoms with Crippen molar-refractivity contribution >= 4 is 17.9 Å². The molecule has 1 atom stereocenters. The molecule has 0 amide bonds. The SMILES string of the molecule is COc1ccc(-n2nnn(C[NH+](C)Cc3ccccc3N3CCCCC3)c2=S)cc1. The van der Waals surface area contributed by atoms with Crippen molar-refractivity contribution in [1.82, 2.24) is 19.8 Å². The molecular formula is C22H29N6OS+. The Hall–Kier alpha value is -2.71. The molecule has 8 heteroatoms. The Morgan fingerprint density at radius 2 is 1.73 bits per heavy atom. The predicted molar refractivity (Wildman–Crippen MR) is 120 cm³/mol. The molecule has 4 rings (SSSR count). The van der Waals surface area contributed by atoms with Crippen LogP contribution in [0.1, 0.15) is 24.8 Å². The van der Waals surface area contributed by atoms with E-state index in [0.717, 1.165) is 31.1 Å². The summed E-state index contributed by atoms with van der Waals surface area (Å²) in [5.74, 6) is 0.800. The molecule has 0 bridgehead atoms. The molecule has 0 aliphatic carbocycles. The third-order valence-electron chi connectivity index (χ3n) is 5.56. The Kier molecular flexibility index (Phi) is 6.44. The van der Waals surface area contributed by atoms with Gasteiger partial charge in [-0.05, 0) is 72.2 Å². The first kappa shape index (κ1) is 20.6. The number of para-hydroxylation sites is 1. The van der Waals surface area contributed by atoms with E-state index in [1.165, 1.54) is 35.4 Å². The molecule has 1 aromatic heterocycles. The lowest BCUT2D eigenvalue weighted by atomic mass is 10.1. The van der Waals surface area contributed by atoms with Crippen LogP contribution in [-0.4, -0.2) is 47.0 Å². The maximum atomic E-state index is 5.63. The van der Waals surface area contributed by atoms with E-state index < -0.39 is 0 Å². The molecule has 1 aliphatic heterocycles. The number of hydrogen-bond acceptors (Lipinski definition) is 5. The monoisotopic (exact) mass is 425 g/mol. The van der Waals surface area contributed by atoms with Crippen LogP contribution in [0.4, 0.5) is 5.69 Å². The van der Waals surface area contributed by atoms with E-state index in [1.54, 1.807) is 16.5 Å². The predicted octanol–water partition coefficient (Wildman–Crippen LogP) is 2.47. The minimum absolute atomic E-state index is 0.587. The Balaban J connectivity index is 1.47. The molecule has 1 fully saturated rings. The minimum atomic E-state index is 0.587. The highest BCUT2D eigenvalue weighted by molar-refractivity contribution is 7.71. The van der Waals surface area contributed by atoms with Crippen molar-refractivity contribution in [2.24, 2.45) is 0 Å². The van der Waals surface area contributed by atoms with Crippen LogP contribution in [0.3, 0.4) is 0 Å². The van der Waals surface area contributed by atoms with E-state index in [1.807, 2.05) is 24.3 Å². The second-order valence-electron chi connectivity index (χ2n) is 7.84. The molecule has 1 unspecified atom stereocenters. The molecular weight excluding hydrogens is 396 g/mol. The Morgan fingerprint density at radius 1 is 1.00 bits per heavy atom.